The van der Waals surface area contributed by atoms with E-state index in [1.165, 1.54) is 11.1 Å². The van der Waals surface area contributed by atoms with Crippen LogP contribution in [0.15, 0.2) is 54.6 Å². The van der Waals surface area contributed by atoms with Crippen LogP contribution in [0.5, 0.6) is 5.75 Å². The molecule has 0 saturated carbocycles. The summed E-state index contributed by atoms with van der Waals surface area (Å²) < 4.78 is 5.61. The van der Waals surface area contributed by atoms with E-state index in [-0.39, 0.29) is 6.10 Å². The van der Waals surface area contributed by atoms with Crippen molar-refractivity contribution < 1.29 is 4.74 Å². The van der Waals surface area contributed by atoms with Gasteiger partial charge in [-0.25, -0.2) is 0 Å². The molecule has 0 spiro atoms. The number of benzene rings is 2. The molecule has 2 nitrogen and oxygen atoms in total. The highest BCUT2D eigenvalue weighted by Gasteiger charge is 2.06. The smallest absolute Gasteiger partial charge is 0.145 e. The van der Waals surface area contributed by atoms with E-state index >= 15 is 0 Å². The third kappa shape index (κ3) is 4.07. The molecule has 19 heavy (non-hydrogen) atoms. The average Bonchev–Trinajstić information content (AvgIpc) is 2.42. The maximum absolute atomic E-state index is 5.61. The Morgan fingerprint density at radius 2 is 1.63 bits per heavy atom. The topological polar surface area (TPSA) is 35.2 Å². The number of thiocarbonyl (C=S) groups is 1. The zero-order chi connectivity index (χ0) is 13.7. The molecule has 0 bridgehead atoms. The fourth-order valence-electron chi connectivity index (χ4n) is 1.78. The minimum Gasteiger partial charge on any atom is -0.484 e. The van der Waals surface area contributed by atoms with Gasteiger partial charge in [0.1, 0.15) is 16.8 Å². The van der Waals surface area contributed by atoms with Gasteiger partial charge in [0.25, 0.3) is 0 Å². The molecule has 1 atom stereocenters. The fourth-order valence-corrected chi connectivity index (χ4v) is 1.83. The molecule has 0 aliphatic heterocycles. The van der Waals surface area contributed by atoms with Crippen molar-refractivity contribution in [1.29, 1.82) is 0 Å². The predicted octanol–water partition coefficient (Wildman–Crippen LogP) is 3.33. The van der Waals surface area contributed by atoms with E-state index < -0.39 is 0 Å². The molecule has 1 unspecified atom stereocenters. The van der Waals surface area contributed by atoms with E-state index in [1.807, 2.05) is 25.1 Å². The van der Waals surface area contributed by atoms with Crippen LogP contribution in [-0.2, 0) is 6.42 Å². The van der Waals surface area contributed by atoms with Gasteiger partial charge in [-0.2, -0.15) is 0 Å². The van der Waals surface area contributed by atoms with Crippen LogP contribution in [-0.4, -0.2) is 11.1 Å². The Hall–Kier alpha value is -1.87. The lowest BCUT2D eigenvalue weighted by molar-refractivity contribution is 0.288. The molecule has 0 radical (unpaired) electrons. The van der Waals surface area contributed by atoms with Crippen molar-refractivity contribution in [3.8, 4) is 5.75 Å². The van der Waals surface area contributed by atoms with Crippen molar-refractivity contribution in [1.82, 2.24) is 0 Å². The van der Waals surface area contributed by atoms with Crippen molar-refractivity contribution in [2.24, 2.45) is 5.73 Å². The molecule has 0 aromatic heterocycles. The second-order valence-corrected chi connectivity index (χ2v) is 4.94. The van der Waals surface area contributed by atoms with Crippen LogP contribution in [0, 0.1) is 0 Å². The summed E-state index contributed by atoms with van der Waals surface area (Å²) in [5.41, 5.74) is 8.07. The summed E-state index contributed by atoms with van der Waals surface area (Å²) in [6, 6.07) is 18.4. The van der Waals surface area contributed by atoms with Gasteiger partial charge in [0.05, 0.1) is 0 Å². The number of hydrogen-bond acceptors (Lipinski definition) is 2. The van der Waals surface area contributed by atoms with E-state index in [0.29, 0.717) is 4.99 Å². The monoisotopic (exact) mass is 271 g/mol. The van der Waals surface area contributed by atoms with Crippen molar-refractivity contribution in [2.45, 2.75) is 19.4 Å². The van der Waals surface area contributed by atoms with Gasteiger partial charge in [0.15, 0.2) is 0 Å². The van der Waals surface area contributed by atoms with Gasteiger partial charge < -0.3 is 10.5 Å². The van der Waals surface area contributed by atoms with E-state index in [0.717, 1.165) is 12.2 Å². The lowest BCUT2D eigenvalue weighted by Gasteiger charge is -2.13. The zero-order valence-corrected chi connectivity index (χ0v) is 11.7. The molecule has 0 amide bonds. The summed E-state index contributed by atoms with van der Waals surface area (Å²) in [7, 11) is 0. The van der Waals surface area contributed by atoms with Gasteiger partial charge in [-0.1, -0.05) is 54.7 Å². The molecule has 3 heteroatoms. The van der Waals surface area contributed by atoms with Crippen LogP contribution in [0.1, 0.15) is 18.1 Å². The average molecular weight is 271 g/mol. The first-order valence-corrected chi connectivity index (χ1v) is 6.65. The summed E-state index contributed by atoms with van der Waals surface area (Å²) in [6.07, 6.45) is 0.682. The summed E-state index contributed by atoms with van der Waals surface area (Å²) in [5.74, 6) is 0.789. The molecule has 0 saturated heterocycles. The van der Waals surface area contributed by atoms with Crippen LogP contribution in [0.25, 0.3) is 0 Å². The van der Waals surface area contributed by atoms with Crippen LogP contribution < -0.4 is 10.5 Å². The summed E-state index contributed by atoms with van der Waals surface area (Å²) >= 11 is 4.88. The Balaban J connectivity index is 2.01. The first-order valence-electron chi connectivity index (χ1n) is 6.24. The first kappa shape index (κ1) is 13.6. The Kier molecular flexibility index (Phi) is 4.53. The Labute approximate surface area is 119 Å². The third-order valence-electron chi connectivity index (χ3n) is 2.89. The van der Waals surface area contributed by atoms with E-state index in [9.17, 15) is 0 Å². The van der Waals surface area contributed by atoms with Crippen molar-refractivity contribution in [3.63, 3.8) is 0 Å². The first-order chi connectivity index (χ1) is 9.15. The standard InChI is InChI=1S/C16H17NOS/c1-12(16(17)19)18-15-9-7-14(8-10-15)11-13-5-3-2-4-6-13/h2-10,12H,11H2,1H3,(H2,17,19). The summed E-state index contributed by atoms with van der Waals surface area (Å²) in [6.45, 7) is 1.85. The Morgan fingerprint density at radius 1 is 1.05 bits per heavy atom. The predicted molar refractivity (Wildman–Crippen MR) is 82.6 cm³/mol. The van der Waals surface area contributed by atoms with E-state index in [1.54, 1.807) is 0 Å². The molecule has 2 N–H and O–H groups in total. The van der Waals surface area contributed by atoms with E-state index in [2.05, 4.69) is 36.4 Å². The molecule has 0 fully saturated rings. The van der Waals surface area contributed by atoms with Gasteiger partial charge in [-0.3, -0.25) is 0 Å². The summed E-state index contributed by atoms with van der Waals surface area (Å²) in [4.78, 5) is 0.369. The minimum absolute atomic E-state index is 0.241. The Morgan fingerprint density at radius 3 is 2.21 bits per heavy atom. The largest absolute Gasteiger partial charge is 0.484 e. The van der Waals surface area contributed by atoms with Gasteiger partial charge in [0.2, 0.25) is 0 Å². The molecular formula is C16H17NOS. The highest BCUT2D eigenvalue weighted by Crippen LogP contribution is 2.16. The van der Waals surface area contributed by atoms with Gasteiger partial charge in [-0.05, 0) is 36.6 Å². The lowest BCUT2D eigenvalue weighted by atomic mass is 10.1. The second-order valence-electron chi connectivity index (χ2n) is 4.47. The van der Waals surface area contributed by atoms with Crippen LogP contribution >= 0.6 is 12.2 Å². The maximum atomic E-state index is 5.61. The van der Waals surface area contributed by atoms with E-state index in [4.69, 9.17) is 22.7 Å². The molecule has 0 aliphatic carbocycles. The molecule has 0 heterocycles. The molecular weight excluding hydrogens is 254 g/mol. The van der Waals surface area contributed by atoms with Gasteiger partial charge in [0, 0.05) is 0 Å². The number of nitrogens with two attached hydrogens (primary N) is 1. The molecule has 0 aliphatic rings. The van der Waals surface area contributed by atoms with Crippen LogP contribution in [0.2, 0.25) is 0 Å². The van der Waals surface area contributed by atoms with Crippen molar-refractivity contribution >= 4 is 17.2 Å². The van der Waals surface area contributed by atoms with Crippen molar-refractivity contribution in [2.75, 3.05) is 0 Å². The number of ether oxygens (including phenoxy) is 1. The van der Waals surface area contributed by atoms with Crippen molar-refractivity contribution in [3.05, 3.63) is 65.7 Å². The molecule has 98 valence electrons. The number of hydrogen-bond donors (Lipinski definition) is 1. The normalized spacial score (nSPS) is 11.8. The highest BCUT2D eigenvalue weighted by atomic mass is 32.1. The zero-order valence-electron chi connectivity index (χ0n) is 10.9. The van der Waals surface area contributed by atoms with Gasteiger partial charge >= 0.3 is 0 Å². The molecule has 2 aromatic carbocycles. The molecule has 2 rings (SSSR count). The van der Waals surface area contributed by atoms with Gasteiger partial charge in [-0.15, -0.1) is 0 Å². The third-order valence-corrected chi connectivity index (χ3v) is 3.22. The van der Waals surface area contributed by atoms with Crippen LogP contribution in [0.3, 0.4) is 0 Å². The van der Waals surface area contributed by atoms with Crippen LogP contribution in [0.4, 0.5) is 0 Å². The maximum Gasteiger partial charge on any atom is 0.145 e. The number of rotatable bonds is 5. The Bertz CT molecular complexity index is 536. The second kappa shape index (κ2) is 6.34. The SMILES string of the molecule is CC(Oc1ccc(Cc2ccccc2)cc1)C(N)=S. The lowest BCUT2D eigenvalue weighted by Crippen LogP contribution is -2.28. The fraction of sp³-hybridized carbons (Fsp3) is 0.188. The highest BCUT2D eigenvalue weighted by molar-refractivity contribution is 7.80. The molecule has 2 aromatic rings. The quantitative estimate of drug-likeness (QED) is 0.847. The minimum atomic E-state index is -0.241. The summed E-state index contributed by atoms with van der Waals surface area (Å²) in [5, 5.41) is 0.